The van der Waals surface area contributed by atoms with Gasteiger partial charge in [-0.05, 0) is 47.0 Å². The van der Waals surface area contributed by atoms with Gasteiger partial charge >= 0.3 is 6.03 Å². The highest BCUT2D eigenvalue weighted by Crippen LogP contribution is 2.19. The van der Waals surface area contributed by atoms with E-state index in [4.69, 9.17) is 0 Å². The molecule has 0 spiro atoms. The van der Waals surface area contributed by atoms with Gasteiger partial charge in [0.05, 0.1) is 19.3 Å². The van der Waals surface area contributed by atoms with E-state index in [1.54, 1.807) is 51.8 Å². The Morgan fingerprint density at radius 1 is 1.03 bits per heavy atom. The summed E-state index contributed by atoms with van der Waals surface area (Å²) in [5.74, 6) is -0.139. The molecule has 0 saturated heterocycles. The van der Waals surface area contributed by atoms with Crippen molar-refractivity contribution in [2.75, 3.05) is 11.0 Å². The van der Waals surface area contributed by atoms with Crippen LogP contribution in [0.15, 0.2) is 59.3 Å². The quantitative estimate of drug-likeness (QED) is 0.291. The molecule has 0 aliphatic heterocycles. The van der Waals surface area contributed by atoms with Crippen molar-refractivity contribution in [2.24, 2.45) is 0 Å². The SMILES string of the molecule is [CH2]CCC[C@H](NC(=O)NCc1cccc(NS(C)(=O)=O)c1)C(=O)N(Cc1cccs1)Cc1cccs1. The fourth-order valence-corrected chi connectivity index (χ4v) is 5.56. The third-order valence-electron chi connectivity index (χ3n) is 5.19. The molecule has 8 nitrogen and oxygen atoms in total. The van der Waals surface area contributed by atoms with Crippen LogP contribution >= 0.6 is 22.7 Å². The number of urea groups is 1. The number of nitrogens with one attached hydrogen (secondary N) is 3. The molecular weight excluding hydrogens is 517 g/mol. The molecular formula is C25H31N4O4S3. The van der Waals surface area contributed by atoms with E-state index in [0.29, 0.717) is 38.0 Å². The molecule has 3 aromatic rings. The van der Waals surface area contributed by atoms with Gasteiger partial charge in [-0.3, -0.25) is 9.52 Å². The predicted octanol–water partition coefficient (Wildman–Crippen LogP) is 4.58. The summed E-state index contributed by atoms with van der Waals surface area (Å²) in [5.41, 5.74) is 1.13. The topological polar surface area (TPSA) is 108 Å². The van der Waals surface area contributed by atoms with Gasteiger partial charge in [-0.1, -0.05) is 44.0 Å². The van der Waals surface area contributed by atoms with Crippen LogP contribution in [-0.2, 0) is 34.5 Å². The van der Waals surface area contributed by atoms with Gasteiger partial charge in [0.1, 0.15) is 6.04 Å². The Morgan fingerprint density at radius 3 is 2.25 bits per heavy atom. The van der Waals surface area contributed by atoms with Crippen molar-refractivity contribution >= 4 is 50.3 Å². The van der Waals surface area contributed by atoms with Gasteiger partial charge in [0, 0.05) is 22.0 Å². The van der Waals surface area contributed by atoms with Crippen molar-refractivity contribution in [3.05, 3.63) is 81.5 Å². The van der Waals surface area contributed by atoms with Crippen LogP contribution in [0.5, 0.6) is 0 Å². The molecule has 3 amide bonds. The highest BCUT2D eigenvalue weighted by atomic mass is 32.2. The minimum absolute atomic E-state index is 0.139. The summed E-state index contributed by atoms with van der Waals surface area (Å²) in [4.78, 5) is 30.3. The van der Waals surface area contributed by atoms with Crippen LogP contribution in [-0.4, -0.2) is 37.6 Å². The van der Waals surface area contributed by atoms with E-state index in [1.165, 1.54) is 0 Å². The van der Waals surface area contributed by atoms with E-state index in [2.05, 4.69) is 22.3 Å². The number of benzene rings is 1. The maximum Gasteiger partial charge on any atom is 0.315 e. The Morgan fingerprint density at radius 2 is 1.69 bits per heavy atom. The van der Waals surface area contributed by atoms with E-state index in [9.17, 15) is 18.0 Å². The van der Waals surface area contributed by atoms with Crippen LogP contribution in [0.4, 0.5) is 10.5 Å². The van der Waals surface area contributed by atoms with Crippen LogP contribution in [0.25, 0.3) is 0 Å². The number of sulfonamides is 1. The Kier molecular flexibility index (Phi) is 10.3. The van der Waals surface area contributed by atoms with Gasteiger partial charge in [-0.15, -0.1) is 22.7 Å². The normalized spacial score (nSPS) is 12.1. The molecule has 0 bridgehead atoms. The zero-order valence-corrected chi connectivity index (χ0v) is 22.6. The molecule has 36 heavy (non-hydrogen) atoms. The first-order chi connectivity index (χ1) is 17.2. The number of unbranched alkanes of at least 4 members (excludes halogenated alkanes) is 1. The van der Waals surface area contributed by atoms with Crippen molar-refractivity contribution in [3.63, 3.8) is 0 Å². The first-order valence-corrected chi connectivity index (χ1v) is 15.1. The number of nitrogens with zero attached hydrogens (tertiary/aromatic N) is 1. The number of hydrogen-bond acceptors (Lipinski definition) is 6. The third-order valence-corrected chi connectivity index (χ3v) is 7.52. The Labute approximate surface area is 220 Å². The second kappa shape index (κ2) is 13.4. The average molecular weight is 548 g/mol. The minimum atomic E-state index is -3.40. The molecule has 2 heterocycles. The van der Waals surface area contributed by atoms with Crippen molar-refractivity contribution in [1.82, 2.24) is 15.5 Å². The molecule has 3 N–H and O–H groups in total. The molecule has 193 valence electrons. The van der Waals surface area contributed by atoms with Gasteiger partial charge in [-0.25, -0.2) is 13.2 Å². The number of carbonyl (C=O) groups is 2. The van der Waals surface area contributed by atoms with E-state index >= 15 is 0 Å². The maximum atomic E-state index is 13.6. The number of thiophene rings is 2. The molecule has 0 saturated carbocycles. The monoisotopic (exact) mass is 547 g/mol. The lowest BCUT2D eigenvalue weighted by Crippen LogP contribution is -2.50. The Balaban J connectivity index is 1.66. The van der Waals surface area contributed by atoms with Crippen LogP contribution in [0, 0.1) is 6.92 Å². The summed E-state index contributed by atoms with van der Waals surface area (Å²) in [6.45, 7) is 4.99. The van der Waals surface area contributed by atoms with Gasteiger partial charge in [0.2, 0.25) is 15.9 Å². The molecule has 0 fully saturated rings. The van der Waals surface area contributed by atoms with Crippen molar-refractivity contribution in [2.45, 2.75) is 44.9 Å². The largest absolute Gasteiger partial charge is 0.334 e. The average Bonchev–Trinajstić information content (AvgIpc) is 3.53. The summed E-state index contributed by atoms with van der Waals surface area (Å²) >= 11 is 3.18. The van der Waals surface area contributed by atoms with Gasteiger partial charge in [0.25, 0.3) is 0 Å². The van der Waals surface area contributed by atoms with Gasteiger partial charge in [-0.2, -0.15) is 0 Å². The Hall–Kier alpha value is -2.89. The second-order valence-corrected chi connectivity index (χ2v) is 12.1. The zero-order chi connectivity index (χ0) is 26.0. The first kappa shape index (κ1) is 27.7. The van der Waals surface area contributed by atoms with Crippen molar-refractivity contribution < 1.29 is 18.0 Å². The van der Waals surface area contributed by atoms with E-state index in [0.717, 1.165) is 21.6 Å². The summed E-state index contributed by atoms with van der Waals surface area (Å²) in [6.07, 6.45) is 2.91. The van der Waals surface area contributed by atoms with Gasteiger partial charge < -0.3 is 15.5 Å². The molecule has 2 aromatic heterocycles. The molecule has 1 aromatic carbocycles. The highest BCUT2D eigenvalue weighted by molar-refractivity contribution is 7.92. The maximum absolute atomic E-state index is 13.6. The lowest BCUT2D eigenvalue weighted by Gasteiger charge is -2.27. The number of amides is 3. The fourth-order valence-electron chi connectivity index (χ4n) is 3.57. The molecule has 0 aliphatic rings. The smallest absolute Gasteiger partial charge is 0.315 e. The van der Waals surface area contributed by atoms with E-state index in [-0.39, 0.29) is 12.5 Å². The summed E-state index contributed by atoms with van der Waals surface area (Å²) < 4.78 is 25.4. The van der Waals surface area contributed by atoms with Crippen LogP contribution in [0.1, 0.15) is 34.6 Å². The van der Waals surface area contributed by atoms with E-state index < -0.39 is 22.1 Å². The predicted molar refractivity (Wildman–Crippen MR) is 146 cm³/mol. The third kappa shape index (κ3) is 9.29. The lowest BCUT2D eigenvalue weighted by atomic mass is 10.1. The number of rotatable bonds is 13. The molecule has 1 atom stereocenters. The number of hydrogen-bond donors (Lipinski definition) is 3. The molecule has 0 unspecified atom stereocenters. The van der Waals surface area contributed by atoms with Crippen LogP contribution < -0.4 is 15.4 Å². The molecule has 1 radical (unpaired) electrons. The Bertz CT molecular complexity index is 1180. The highest BCUT2D eigenvalue weighted by Gasteiger charge is 2.26. The second-order valence-electron chi connectivity index (χ2n) is 8.30. The summed E-state index contributed by atoms with van der Waals surface area (Å²) in [6, 6.07) is 13.5. The fraction of sp³-hybridized carbons (Fsp3) is 0.320. The van der Waals surface area contributed by atoms with Gasteiger partial charge in [0.15, 0.2) is 0 Å². The summed E-state index contributed by atoms with van der Waals surface area (Å²) in [7, 11) is -3.40. The minimum Gasteiger partial charge on any atom is -0.334 e. The summed E-state index contributed by atoms with van der Waals surface area (Å²) in [5, 5.41) is 9.58. The van der Waals surface area contributed by atoms with Crippen molar-refractivity contribution in [1.29, 1.82) is 0 Å². The van der Waals surface area contributed by atoms with Crippen molar-refractivity contribution in [3.8, 4) is 0 Å². The molecule has 3 rings (SSSR count). The molecule has 11 heteroatoms. The number of carbonyl (C=O) groups excluding carboxylic acids is 2. The van der Waals surface area contributed by atoms with E-state index in [1.807, 2.05) is 35.0 Å². The van der Waals surface area contributed by atoms with Crippen LogP contribution in [0.2, 0.25) is 0 Å². The zero-order valence-electron chi connectivity index (χ0n) is 20.1. The standard InChI is InChI=1S/C25H31N4O4S3/c1-3-4-12-23(24(30)29(17-21-10-6-13-34-21)18-22-11-7-14-35-22)27-25(31)26-16-19-8-5-9-20(15-19)28-36(2,32)33/h5-11,13-15,23,28H,1,3-4,12,16-18H2,2H3,(H2,26,27,31)/t23-/m0/s1. The lowest BCUT2D eigenvalue weighted by molar-refractivity contribution is -0.134. The first-order valence-electron chi connectivity index (χ1n) is 11.5. The van der Waals surface area contributed by atoms with Crippen LogP contribution in [0.3, 0.4) is 0 Å². The number of anilines is 1. The molecule has 0 aliphatic carbocycles.